The van der Waals surface area contributed by atoms with E-state index in [0.29, 0.717) is 0 Å². The van der Waals surface area contributed by atoms with Crippen molar-refractivity contribution in [2.45, 2.75) is 26.2 Å². The smallest absolute Gasteiger partial charge is 0.106 e. The van der Waals surface area contributed by atoms with Crippen molar-refractivity contribution in [3.05, 3.63) is 168 Å². The number of fused-ring (bicyclic) bond motifs is 14. The molecule has 0 radical (unpaired) electrons. The van der Waals surface area contributed by atoms with Crippen LogP contribution in [0.15, 0.2) is 146 Å². The molecule has 0 bridgehead atoms. The van der Waals surface area contributed by atoms with Gasteiger partial charge < -0.3 is 4.48 Å². The quantitative estimate of drug-likeness (QED) is 0.158. The normalized spacial score (nSPS) is 14.9. The Morgan fingerprint density at radius 2 is 0.511 bits per heavy atom. The molecule has 212 valence electrons. The number of benzene rings is 8. The van der Waals surface area contributed by atoms with Gasteiger partial charge >= 0.3 is 0 Å². The average molecular weight is 575 g/mol. The molecular formula is C44H32N+. The molecule has 2 aliphatic heterocycles. The molecule has 10 rings (SSSR count). The van der Waals surface area contributed by atoms with Crippen molar-refractivity contribution in [2.75, 3.05) is 0 Å². The number of rotatable bonds is 0. The highest BCUT2D eigenvalue weighted by atomic mass is 15.4. The monoisotopic (exact) mass is 574 g/mol. The van der Waals surface area contributed by atoms with Crippen molar-refractivity contribution in [2.24, 2.45) is 0 Å². The van der Waals surface area contributed by atoms with Gasteiger partial charge in [0, 0.05) is 22.3 Å². The van der Waals surface area contributed by atoms with Crippen LogP contribution in [0.3, 0.4) is 0 Å². The van der Waals surface area contributed by atoms with E-state index in [1.54, 1.807) is 0 Å². The lowest BCUT2D eigenvalue weighted by atomic mass is 9.88. The Hall–Kier alpha value is -5.24. The van der Waals surface area contributed by atoms with Crippen LogP contribution in [-0.4, -0.2) is 4.48 Å². The summed E-state index contributed by atoms with van der Waals surface area (Å²) in [6, 6.07) is 55.0. The molecule has 0 unspecified atom stereocenters. The molecule has 45 heavy (non-hydrogen) atoms. The molecule has 0 aliphatic carbocycles. The lowest BCUT2D eigenvalue weighted by Crippen LogP contribution is -2.44. The Labute approximate surface area is 263 Å². The lowest BCUT2D eigenvalue weighted by Gasteiger charge is -2.38. The highest BCUT2D eigenvalue weighted by Crippen LogP contribution is 2.49. The third kappa shape index (κ3) is 3.71. The highest BCUT2D eigenvalue weighted by Gasteiger charge is 2.39. The predicted octanol–water partition coefficient (Wildman–Crippen LogP) is 11.2. The van der Waals surface area contributed by atoms with E-state index in [2.05, 4.69) is 146 Å². The predicted molar refractivity (Wildman–Crippen MR) is 189 cm³/mol. The molecule has 8 aromatic rings. The number of quaternary nitrogens is 1. The van der Waals surface area contributed by atoms with Crippen LogP contribution in [0.25, 0.3) is 65.3 Å². The molecule has 8 aromatic carbocycles. The first-order valence-corrected chi connectivity index (χ1v) is 16.1. The topological polar surface area (TPSA) is 0 Å². The number of hydrogen-bond acceptors (Lipinski definition) is 0. The van der Waals surface area contributed by atoms with Crippen LogP contribution < -0.4 is 0 Å². The van der Waals surface area contributed by atoms with Crippen LogP contribution in [0.2, 0.25) is 0 Å². The second-order valence-electron chi connectivity index (χ2n) is 13.3. The van der Waals surface area contributed by atoms with Crippen molar-refractivity contribution in [3.63, 3.8) is 0 Å². The molecule has 1 heteroatoms. The minimum Gasteiger partial charge on any atom is -0.309 e. The largest absolute Gasteiger partial charge is 0.309 e. The first-order valence-electron chi connectivity index (χ1n) is 16.1. The summed E-state index contributed by atoms with van der Waals surface area (Å²) >= 11 is 0. The van der Waals surface area contributed by atoms with E-state index < -0.39 is 0 Å². The van der Waals surface area contributed by atoms with Gasteiger partial charge in [-0.25, -0.2) is 0 Å². The maximum Gasteiger partial charge on any atom is 0.106 e. The molecule has 0 N–H and O–H groups in total. The van der Waals surface area contributed by atoms with Crippen LogP contribution in [0, 0.1) is 0 Å². The van der Waals surface area contributed by atoms with Gasteiger partial charge in [0.2, 0.25) is 0 Å². The van der Waals surface area contributed by atoms with Gasteiger partial charge in [0.05, 0.1) is 0 Å². The van der Waals surface area contributed by atoms with Gasteiger partial charge in [0.25, 0.3) is 0 Å². The fourth-order valence-electron chi connectivity index (χ4n) is 8.76. The van der Waals surface area contributed by atoms with Crippen LogP contribution in [-0.2, 0) is 26.2 Å². The van der Waals surface area contributed by atoms with Crippen LogP contribution in [0.4, 0.5) is 0 Å². The van der Waals surface area contributed by atoms with Gasteiger partial charge in [0.1, 0.15) is 26.2 Å². The summed E-state index contributed by atoms with van der Waals surface area (Å²) in [4.78, 5) is 0. The van der Waals surface area contributed by atoms with Gasteiger partial charge in [0.15, 0.2) is 0 Å². The van der Waals surface area contributed by atoms with Crippen molar-refractivity contribution in [3.8, 4) is 22.3 Å². The summed E-state index contributed by atoms with van der Waals surface area (Å²) in [5, 5.41) is 10.7. The van der Waals surface area contributed by atoms with E-state index >= 15 is 0 Å². The maximum atomic E-state index is 2.43. The third-order valence-corrected chi connectivity index (χ3v) is 10.6. The lowest BCUT2D eigenvalue weighted by molar-refractivity contribution is -0.977. The fraction of sp³-hybridized carbons (Fsp3) is 0.0909. The van der Waals surface area contributed by atoms with E-state index in [9.17, 15) is 0 Å². The standard InChI is InChI=1S/C44H32N/c1-5-13-37-29(9-1)17-21-33-25-45(26-34-22-18-30-10-2-6-14-38(30)42(34)41(33)37)27-35-23-19-31-11-3-7-15-39(31)43(35)44-36(28-45)24-20-32-12-4-8-16-40(32)44/h1-24H,25-28H2/q+1. The Morgan fingerprint density at radius 1 is 0.267 bits per heavy atom. The summed E-state index contributed by atoms with van der Waals surface area (Å²) in [5.74, 6) is 0. The van der Waals surface area contributed by atoms with Crippen molar-refractivity contribution < 1.29 is 4.48 Å². The zero-order valence-corrected chi connectivity index (χ0v) is 25.1. The maximum absolute atomic E-state index is 2.43. The van der Waals surface area contributed by atoms with E-state index in [1.807, 2.05) is 0 Å². The van der Waals surface area contributed by atoms with Gasteiger partial charge in [-0.15, -0.1) is 0 Å². The molecule has 0 saturated heterocycles. The Morgan fingerprint density at radius 3 is 0.778 bits per heavy atom. The molecule has 1 nitrogen and oxygen atoms in total. The van der Waals surface area contributed by atoms with E-state index in [0.717, 1.165) is 30.7 Å². The highest BCUT2D eigenvalue weighted by molar-refractivity contribution is 6.09. The van der Waals surface area contributed by atoms with E-state index in [-0.39, 0.29) is 0 Å². The Bertz CT molecular complexity index is 2150. The first-order chi connectivity index (χ1) is 22.2. The molecule has 2 heterocycles. The average Bonchev–Trinajstić information content (AvgIpc) is 3.32. The third-order valence-electron chi connectivity index (χ3n) is 10.6. The molecule has 0 fully saturated rings. The Kier molecular flexibility index (Phi) is 5.24. The van der Waals surface area contributed by atoms with Crippen molar-refractivity contribution >= 4 is 43.1 Å². The molecule has 0 atom stereocenters. The minimum absolute atomic E-state index is 0.966. The molecule has 1 spiro atoms. The zero-order valence-electron chi connectivity index (χ0n) is 25.1. The van der Waals surface area contributed by atoms with Gasteiger partial charge in [-0.3, -0.25) is 0 Å². The van der Waals surface area contributed by atoms with Gasteiger partial charge in [-0.1, -0.05) is 146 Å². The van der Waals surface area contributed by atoms with E-state index in [1.165, 1.54) is 87.6 Å². The van der Waals surface area contributed by atoms with E-state index in [4.69, 9.17) is 0 Å². The van der Waals surface area contributed by atoms with Gasteiger partial charge in [-0.2, -0.15) is 0 Å². The summed E-state index contributed by atoms with van der Waals surface area (Å²) in [6.45, 7) is 3.95. The molecule has 0 aromatic heterocycles. The van der Waals surface area contributed by atoms with Gasteiger partial charge in [-0.05, 0) is 65.3 Å². The number of hydrogen-bond donors (Lipinski definition) is 0. The molecule has 0 saturated carbocycles. The molecular weight excluding hydrogens is 542 g/mol. The molecule has 0 amide bonds. The SMILES string of the molecule is c1ccc2c3c(ccc2c1)C[N+]1(Cc2ccc4ccccc4c2-3)Cc2ccc3ccccc3c2-c2c(ccc3ccccc23)C1. The second kappa shape index (κ2) is 9.38. The number of nitrogens with zero attached hydrogens (tertiary/aromatic N) is 1. The summed E-state index contributed by atoms with van der Waals surface area (Å²) < 4.78 is 0.966. The zero-order chi connectivity index (χ0) is 29.5. The summed E-state index contributed by atoms with van der Waals surface area (Å²) in [7, 11) is 0. The minimum atomic E-state index is 0.966. The fourth-order valence-corrected chi connectivity index (χ4v) is 8.76. The molecule has 2 aliphatic rings. The van der Waals surface area contributed by atoms with Crippen molar-refractivity contribution in [1.29, 1.82) is 0 Å². The van der Waals surface area contributed by atoms with Crippen LogP contribution in [0.1, 0.15) is 22.3 Å². The second-order valence-corrected chi connectivity index (χ2v) is 13.3. The first kappa shape index (κ1) is 25.1. The Balaban J connectivity index is 1.30. The van der Waals surface area contributed by atoms with Crippen molar-refractivity contribution in [1.82, 2.24) is 0 Å². The van der Waals surface area contributed by atoms with Crippen LogP contribution >= 0.6 is 0 Å². The summed E-state index contributed by atoms with van der Waals surface area (Å²) in [6.07, 6.45) is 0. The summed E-state index contributed by atoms with van der Waals surface area (Å²) in [5.41, 5.74) is 11.5. The van der Waals surface area contributed by atoms with Crippen LogP contribution in [0.5, 0.6) is 0 Å².